The fourth-order valence-corrected chi connectivity index (χ4v) is 2.59. The van der Waals surface area contributed by atoms with E-state index in [2.05, 4.69) is 5.11 Å². The van der Waals surface area contributed by atoms with Crippen LogP contribution in [0.5, 0.6) is 5.75 Å². The highest BCUT2D eigenvalue weighted by atomic mass is 19.1. The Morgan fingerprint density at radius 3 is 2.12 bits per heavy atom. The lowest BCUT2D eigenvalue weighted by Gasteiger charge is -2.14. The van der Waals surface area contributed by atoms with Crippen LogP contribution in [0.2, 0.25) is 0 Å². The number of nitrogens with zero attached hydrogens (tertiary/aromatic N) is 2. The first-order chi connectivity index (χ1) is 12.0. The molecule has 1 heterocycles. The van der Waals surface area contributed by atoms with Crippen molar-refractivity contribution in [1.29, 1.82) is 5.53 Å². The van der Waals surface area contributed by atoms with Gasteiger partial charge in [0.25, 0.3) is 11.8 Å². The van der Waals surface area contributed by atoms with Crippen LogP contribution >= 0.6 is 0 Å². The molecule has 0 atom stereocenters. The van der Waals surface area contributed by atoms with Crippen molar-refractivity contribution in [3.63, 3.8) is 0 Å². The van der Waals surface area contributed by atoms with E-state index in [4.69, 9.17) is 10.3 Å². The third kappa shape index (κ3) is 3.10. The van der Waals surface area contributed by atoms with E-state index in [-0.39, 0.29) is 30.7 Å². The predicted octanol–water partition coefficient (Wildman–Crippen LogP) is 3.69. The first kappa shape index (κ1) is 16.7. The van der Waals surface area contributed by atoms with E-state index < -0.39 is 17.3 Å². The van der Waals surface area contributed by atoms with E-state index in [9.17, 15) is 18.4 Å². The molecule has 0 unspecified atom stereocenters. The van der Waals surface area contributed by atoms with E-state index in [1.165, 1.54) is 0 Å². The van der Waals surface area contributed by atoms with Gasteiger partial charge in [0.15, 0.2) is 17.3 Å². The summed E-state index contributed by atoms with van der Waals surface area (Å²) in [5.41, 5.74) is 6.74. The second kappa shape index (κ2) is 6.76. The molecule has 2 aromatic rings. The van der Waals surface area contributed by atoms with E-state index in [1.54, 1.807) is 24.3 Å². The van der Waals surface area contributed by atoms with Crippen molar-refractivity contribution in [3.8, 4) is 5.75 Å². The molecule has 1 aliphatic heterocycles. The number of halogens is 2. The summed E-state index contributed by atoms with van der Waals surface area (Å²) in [4.78, 5) is 25.5. The van der Waals surface area contributed by atoms with Gasteiger partial charge in [0, 0.05) is 18.7 Å². The lowest BCUT2D eigenvalue weighted by atomic mass is 10.1. The van der Waals surface area contributed by atoms with Crippen molar-refractivity contribution in [2.75, 3.05) is 13.2 Å². The Hall–Kier alpha value is -3.16. The van der Waals surface area contributed by atoms with Crippen LogP contribution in [-0.4, -0.2) is 29.9 Å². The Balaban J connectivity index is 1.57. The molecule has 2 amide bonds. The van der Waals surface area contributed by atoms with Crippen LogP contribution < -0.4 is 4.74 Å². The van der Waals surface area contributed by atoms with Gasteiger partial charge in [-0.3, -0.25) is 14.5 Å². The van der Waals surface area contributed by atoms with Crippen molar-refractivity contribution < 1.29 is 23.1 Å². The summed E-state index contributed by atoms with van der Waals surface area (Å²) >= 11 is 0. The van der Waals surface area contributed by atoms with Gasteiger partial charge >= 0.3 is 0 Å². The van der Waals surface area contributed by atoms with Gasteiger partial charge < -0.3 is 4.74 Å². The van der Waals surface area contributed by atoms with Gasteiger partial charge in [-0.05, 0) is 18.6 Å². The van der Waals surface area contributed by atoms with Gasteiger partial charge in [-0.1, -0.05) is 12.1 Å². The number of ether oxygens (including phenoxy) is 1. The number of fused-ring (bicyclic) bond motifs is 1. The quantitative estimate of drug-likeness (QED) is 0.492. The number of rotatable bonds is 6. The normalized spacial score (nSPS) is 13.1. The molecule has 6 nitrogen and oxygen atoms in total. The maximum absolute atomic E-state index is 13.5. The summed E-state index contributed by atoms with van der Waals surface area (Å²) < 4.78 is 32.2. The molecule has 0 aromatic heterocycles. The van der Waals surface area contributed by atoms with Crippen LogP contribution in [0.3, 0.4) is 0 Å². The molecular weight excluding hydrogens is 332 g/mol. The number of carbonyl (C=O) groups is 2. The molecule has 128 valence electrons. The van der Waals surface area contributed by atoms with Gasteiger partial charge in [-0.25, -0.2) is 14.3 Å². The van der Waals surface area contributed by atoms with Crippen molar-refractivity contribution in [2.45, 2.75) is 6.42 Å². The molecule has 0 bridgehead atoms. The van der Waals surface area contributed by atoms with Crippen LogP contribution in [0.1, 0.15) is 27.1 Å². The number of hydrogen-bond donors (Lipinski definition) is 1. The summed E-state index contributed by atoms with van der Waals surface area (Å²) in [7, 11) is 0. The number of hydrogen-bond acceptors (Lipinski definition) is 5. The number of benzene rings is 2. The van der Waals surface area contributed by atoms with Gasteiger partial charge in [0.2, 0.25) is 0 Å². The van der Waals surface area contributed by atoms with Crippen LogP contribution in [0.4, 0.5) is 14.5 Å². The molecule has 0 spiro atoms. The fourth-order valence-electron chi connectivity index (χ4n) is 2.59. The summed E-state index contributed by atoms with van der Waals surface area (Å²) in [6.07, 6.45) is 0.305. The minimum absolute atomic E-state index is 0.0511. The zero-order valence-electron chi connectivity index (χ0n) is 13.0. The molecule has 0 radical (unpaired) electrons. The SMILES string of the molecule is N=Nc1c(F)cc(OCCCN2C(=O)c3ccccc3C2=O)cc1F. The van der Waals surface area contributed by atoms with E-state index in [0.29, 0.717) is 17.5 Å². The highest BCUT2D eigenvalue weighted by Crippen LogP contribution is 2.27. The molecule has 1 N–H and O–H groups in total. The second-order valence-corrected chi connectivity index (χ2v) is 5.36. The monoisotopic (exact) mass is 345 g/mol. The number of carbonyl (C=O) groups excluding carboxylic acids is 2. The lowest BCUT2D eigenvalue weighted by molar-refractivity contribution is 0.0647. The van der Waals surface area contributed by atoms with Crippen molar-refractivity contribution in [1.82, 2.24) is 4.90 Å². The van der Waals surface area contributed by atoms with Gasteiger partial charge in [0.05, 0.1) is 17.7 Å². The molecular formula is C17H13F2N3O3. The van der Waals surface area contributed by atoms with Crippen molar-refractivity contribution in [2.24, 2.45) is 5.11 Å². The number of nitrogens with one attached hydrogen (secondary N) is 1. The molecule has 0 fully saturated rings. The zero-order chi connectivity index (χ0) is 18.0. The Bertz CT molecular complexity index is 812. The van der Waals surface area contributed by atoms with E-state index in [0.717, 1.165) is 17.0 Å². The highest BCUT2D eigenvalue weighted by molar-refractivity contribution is 6.21. The molecule has 3 rings (SSSR count). The minimum atomic E-state index is -0.995. The summed E-state index contributed by atoms with van der Waals surface area (Å²) in [6, 6.07) is 8.42. The Kier molecular flexibility index (Phi) is 4.51. The van der Waals surface area contributed by atoms with Crippen LogP contribution in [0.25, 0.3) is 0 Å². The average Bonchev–Trinajstić information content (AvgIpc) is 2.83. The van der Waals surface area contributed by atoms with Gasteiger partial charge in [-0.15, -0.1) is 0 Å². The van der Waals surface area contributed by atoms with Crippen LogP contribution in [0, 0.1) is 17.2 Å². The molecule has 1 aliphatic rings. The Morgan fingerprint density at radius 2 is 1.60 bits per heavy atom. The maximum atomic E-state index is 13.5. The summed E-state index contributed by atoms with van der Waals surface area (Å²) in [5, 5.41) is 2.76. The zero-order valence-corrected chi connectivity index (χ0v) is 13.0. The molecule has 2 aromatic carbocycles. The van der Waals surface area contributed by atoms with Gasteiger partial charge in [-0.2, -0.15) is 5.11 Å². The molecule has 0 aliphatic carbocycles. The maximum Gasteiger partial charge on any atom is 0.261 e. The number of imide groups is 1. The van der Waals surface area contributed by atoms with Crippen LogP contribution in [-0.2, 0) is 0 Å². The smallest absolute Gasteiger partial charge is 0.261 e. The standard InChI is InChI=1S/C17H13F2N3O3/c18-13-8-10(9-14(19)15(13)21-20)25-7-3-6-22-16(23)11-4-1-2-5-12(11)17(22)24/h1-2,4-5,8-9,20H,3,6-7H2. The Labute approximate surface area is 141 Å². The third-order valence-corrected chi connectivity index (χ3v) is 3.78. The third-order valence-electron chi connectivity index (χ3n) is 3.78. The summed E-state index contributed by atoms with van der Waals surface area (Å²) in [5.74, 6) is -2.77. The van der Waals surface area contributed by atoms with Crippen molar-refractivity contribution >= 4 is 17.5 Å². The second-order valence-electron chi connectivity index (χ2n) is 5.36. The molecule has 0 saturated heterocycles. The first-order valence-corrected chi connectivity index (χ1v) is 7.47. The molecule has 0 saturated carbocycles. The van der Waals surface area contributed by atoms with Gasteiger partial charge in [0.1, 0.15) is 5.75 Å². The highest BCUT2D eigenvalue weighted by Gasteiger charge is 2.34. The first-order valence-electron chi connectivity index (χ1n) is 7.47. The summed E-state index contributed by atoms with van der Waals surface area (Å²) in [6.45, 7) is 0.196. The van der Waals surface area contributed by atoms with Crippen LogP contribution in [0.15, 0.2) is 41.5 Å². The predicted molar refractivity (Wildman–Crippen MR) is 83.1 cm³/mol. The number of amides is 2. The molecule has 8 heteroatoms. The Morgan fingerprint density at radius 1 is 1.04 bits per heavy atom. The van der Waals surface area contributed by atoms with E-state index >= 15 is 0 Å². The fraction of sp³-hybridized carbons (Fsp3) is 0.176. The van der Waals surface area contributed by atoms with Crippen molar-refractivity contribution in [3.05, 3.63) is 59.2 Å². The average molecular weight is 345 g/mol. The largest absolute Gasteiger partial charge is 0.493 e. The minimum Gasteiger partial charge on any atom is -0.493 e. The lowest BCUT2D eigenvalue weighted by Crippen LogP contribution is -2.31. The topological polar surface area (TPSA) is 82.8 Å². The van der Waals surface area contributed by atoms with E-state index in [1.807, 2.05) is 0 Å². The molecule has 25 heavy (non-hydrogen) atoms.